The van der Waals surface area contributed by atoms with E-state index in [1.807, 2.05) is 25.1 Å². The normalized spacial score (nSPS) is 11.0. The minimum absolute atomic E-state index is 0.357. The number of carbonyl (C=O) groups excluding carboxylic acids is 1. The van der Waals surface area contributed by atoms with Gasteiger partial charge in [-0.05, 0) is 18.9 Å². The molecule has 3 aromatic rings. The van der Waals surface area contributed by atoms with Gasteiger partial charge in [0.1, 0.15) is 11.3 Å². The number of aromatic nitrogens is 4. The Morgan fingerprint density at radius 2 is 1.92 bits per heavy atom. The molecule has 0 aliphatic rings. The molecule has 0 saturated heterocycles. The van der Waals surface area contributed by atoms with Crippen LogP contribution in [0.5, 0.6) is 0 Å². The summed E-state index contributed by atoms with van der Waals surface area (Å²) in [6, 6.07) is 9.68. The number of benzene rings is 1. The van der Waals surface area contributed by atoms with Gasteiger partial charge < -0.3 is 4.90 Å². The minimum Gasteiger partial charge on any atom is -0.327 e. The first-order chi connectivity index (χ1) is 12.0. The maximum absolute atomic E-state index is 12.5. The van der Waals surface area contributed by atoms with E-state index in [4.69, 9.17) is 0 Å². The van der Waals surface area contributed by atoms with Crippen LogP contribution in [0.2, 0.25) is 0 Å². The highest BCUT2D eigenvalue weighted by atomic mass is 16.2. The molecular weight excluding hydrogens is 318 g/mol. The van der Waals surface area contributed by atoms with Gasteiger partial charge in [0.25, 0.3) is 0 Å². The van der Waals surface area contributed by atoms with Gasteiger partial charge in [-0.1, -0.05) is 30.3 Å². The van der Waals surface area contributed by atoms with Crippen LogP contribution in [0, 0.1) is 0 Å². The van der Waals surface area contributed by atoms with Crippen LogP contribution in [0.4, 0.5) is 4.79 Å². The number of nitrogens with zero attached hydrogens (tertiary/aromatic N) is 5. The van der Waals surface area contributed by atoms with E-state index < -0.39 is 5.69 Å². The fraction of sp³-hybridized carbons (Fsp3) is 0.333. The van der Waals surface area contributed by atoms with Crippen molar-refractivity contribution in [3.63, 3.8) is 0 Å². The topological polar surface area (TPSA) is 73.0 Å². The van der Waals surface area contributed by atoms with Crippen LogP contribution in [0.1, 0.15) is 18.3 Å². The van der Waals surface area contributed by atoms with E-state index in [1.165, 1.54) is 15.0 Å². The number of hydrogen-bond acceptors (Lipinski definition) is 4. The third-order valence-corrected chi connectivity index (χ3v) is 4.32. The molecule has 0 aliphatic heterocycles. The smallest absolute Gasteiger partial charge is 0.327 e. The molecule has 0 bridgehead atoms. The molecule has 130 valence electrons. The maximum Gasteiger partial charge on any atom is 0.338 e. The number of rotatable bonds is 4. The molecule has 7 heteroatoms. The summed E-state index contributed by atoms with van der Waals surface area (Å²) < 4.78 is 2.52. The maximum atomic E-state index is 12.5. The summed E-state index contributed by atoms with van der Waals surface area (Å²) in [5, 5.41) is 0. The second-order valence-corrected chi connectivity index (χ2v) is 5.95. The number of hydrogen-bond donors (Lipinski definition) is 0. The fourth-order valence-corrected chi connectivity index (χ4v) is 2.65. The van der Waals surface area contributed by atoms with E-state index in [-0.39, 0.29) is 6.03 Å². The summed E-state index contributed by atoms with van der Waals surface area (Å²) in [5.41, 5.74) is 1.69. The Hall–Kier alpha value is -2.96. The molecule has 0 saturated carbocycles. The van der Waals surface area contributed by atoms with Crippen molar-refractivity contribution in [1.29, 1.82) is 0 Å². The molecule has 1 amide bonds. The van der Waals surface area contributed by atoms with Crippen molar-refractivity contribution < 1.29 is 4.79 Å². The lowest BCUT2D eigenvalue weighted by atomic mass is 10.1. The van der Waals surface area contributed by atoms with Crippen LogP contribution in [-0.4, -0.2) is 43.6 Å². The van der Waals surface area contributed by atoms with Crippen molar-refractivity contribution in [2.45, 2.75) is 19.8 Å². The fourth-order valence-electron chi connectivity index (χ4n) is 2.65. The number of amides is 1. The first-order valence-corrected chi connectivity index (χ1v) is 8.25. The van der Waals surface area contributed by atoms with Crippen LogP contribution in [-0.2, 0) is 19.9 Å². The summed E-state index contributed by atoms with van der Waals surface area (Å²) in [6.45, 7) is 2.36. The molecule has 0 radical (unpaired) electrons. The second-order valence-electron chi connectivity index (χ2n) is 5.95. The largest absolute Gasteiger partial charge is 0.338 e. The van der Waals surface area contributed by atoms with E-state index in [9.17, 15) is 9.59 Å². The molecule has 0 aliphatic carbocycles. The van der Waals surface area contributed by atoms with Gasteiger partial charge >= 0.3 is 11.7 Å². The van der Waals surface area contributed by atoms with E-state index in [0.717, 1.165) is 11.0 Å². The SMILES string of the molecule is CCN(C)C(=O)n1c(=O)n(C)c2cnc(CCc3ccccc3)nc21. The number of aryl methyl sites for hydroxylation is 3. The zero-order valence-electron chi connectivity index (χ0n) is 14.6. The summed E-state index contributed by atoms with van der Waals surface area (Å²) in [6.07, 6.45) is 3.05. The lowest BCUT2D eigenvalue weighted by molar-refractivity contribution is 0.212. The highest BCUT2D eigenvalue weighted by Gasteiger charge is 2.21. The zero-order chi connectivity index (χ0) is 18.0. The molecule has 7 nitrogen and oxygen atoms in total. The van der Waals surface area contributed by atoms with Gasteiger partial charge in [0, 0.05) is 27.1 Å². The molecule has 0 spiro atoms. The van der Waals surface area contributed by atoms with Crippen LogP contribution in [0.15, 0.2) is 41.3 Å². The Labute approximate surface area is 145 Å². The van der Waals surface area contributed by atoms with E-state index in [2.05, 4.69) is 22.1 Å². The van der Waals surface area contributed by atoms with Gasteiger partial charge in [-0.3, -0.25) is 4.57 Å². The molecular formula is C18H21N5O2. The van der Waals surface area contributed by atoms with Gasteiger partial charge in [0.2, 0.25) is 0 Å². The Kier molecular flexibility index (Phi) is 4.65. The molecule has 2 aromatic heterocycles. The lowest BCUT2D eigenvalue weighted by Crippen LogP contribution is -2.37. The van der Waals surface area contributed by atoms with E-state index >= 15 is 0 Å². The number of fused-ring (bicyclic) bond motifs is 1. The number of imidazole rings is 1. The van der Waals surface area contributed by atoms with Crippen LogP contribution < -0.4 is 5.69 Å². The third kappa shape index (κ3) is 3.17. The molecule has 0 N–H and O–H groups in total. The van der Waals surface area contributed by atoms with Crippen molar-refractivity contribution >= 4 is 17.2 Å². The predicted molar refractivity (Wildman–Crippen MR) is 95.7 cm³/mol. The molecule has 2 heterocycles. The third-order valence-electron chi connectivity index (χ3n) is 4.32. The van der Waals surface area contributed by atoms with E-state index in [1.54, 1.807) is 20.3 Å². The van der Waals surface area contributed by atoms with Crippen molar-refractivity contribution in [2.75, 3.05) is 13.6 Å². The summed E-state index contributed by atoms with van der Waals surface area (Å²) >= 11 is 0. The molecule has 3 rings (SSSR count). The second kappa shape index (κ2) is 6.88. The van der Waals surface area contributed by atoms with Gasteiger partial charge in [0.05, 0.1) is 6.20 Å². The van der Waals surface area contributed by atoms with Crippen LogP contribution in [0.25, 0.3) is 11.2 Å². The first-order valence-electron chi connectivity index (χ1n) is 8.25. The zero-order valence-corrected chi connectivity index (χ0v) is 14.6. The summed E-state index contributed by atoms with van der Waals surface area (Å²) in [4.78, 5) is 35.3. The number of carbonyl (C=O) groups is 1. The summed E-state index contributed by atoms with van der Waals surface area (Å²) in [7, 11) is 3.28. The molecule has 0 unspecified atom stereocenters. The van der Waals surface area contributed by atoms with Crippen molar-refractivity contribution in [3.05, 3.63) is 58.4 Å². The molecule has 25 heavy (non-hydrogen) atoms. The van der Waals surface area contributed by atoms with Gasteiger partial charge in [0.15, 0.2) is 5.65 Å². The van der Waals surface area contributed by atoms with Crippen molar-refractivity contribution in [2.24, 2.45) is 7.05 Å². The van der Waals surface area contributed by atoms with Crippen LogP contribution in [0.3, 0.4) is 0 Å². The highest BCUT2D eigenvalue weighted by molar-refractivity contribution is 5.86. The standard InChI is InChI=1S/C18H21N5O2/c1-4-21(2)17(24)23-16-14(22(3)18(23)25)12-19-15(20-16)11-10-13-8-6-5-7-9-13/h5-9,12H,4,10-11H2,1-3H3. The first kappa shape index (κ1) is 16.9. The minimum atomic E-state index is -0.408. The quantitative estimate of drug-likeness (QED) is 0.727. The van der Waals surface area contributed by atoms with E-state index in [0.29, 0.717) is 30.0 Å². The molecule has 0 fully saturated rings. The average Bonchev–Trinajstić information content (AvgIpc) is 2.90. The lowest BCUT2D eigenvalue weighted by Gasteiger charge is -2.14. The van der Waals surface area contributed by atoms with Gasteiger partial charge in [-0.25, -0.2) is 19.6 Å². The van der Waals surface area contributed by atoms with Crippen LogP contribution >= 0.6 is 0 Å². The highest BCUT2D eigenvalue weighted by Crippen LogP contribution is 2.11. The molecule has 1 aromatic carbocycles. The predicted octanol–water partition coefficient (Wildman–Crippen LogP) is 1.83. The Morgan fingerprint density at radius 3 is 2.60 bits per heavy atom. The molecule has 0 atom stereocenters. The Morgan fingerprint density at radius 1 is 1.20 bits per heavy atom. The summed E-state index contributed by atoms with van der Waals surface area (Å²) in [5.74, 6) is 0.614. The van der Waals surface area contributed by atoms with Gasteiger partial charge in [-0.2, -0.15) is 4.57 Å². The van der Waals surface area contributed by atoms with Crippen molar-refractivity contribution in [3.8, 4) is 0 Å². The Balaban J connectivity index is 1.98. The monoisotopic (exact) mass is 339 g/mol. The van der Waals surface area contributed by atoms with Crippen molar-refractivity contribution in [1.82, 2.24) is 24.0 Å². The average molecular weight is 339 g/mol. The Bertz CT molecular complexity index is 959. The van der Waals surface area contributed by atoms with Gasteiger partial charge in [-0.15, -0.1) is 0 Å².